The predicted octanol–water partition coefficient (Wildman–Crippen LogP) is 6.07. The SMILES string of the molecule is O=C(CN1C(=O)N(C(=O)c2ccc3ccccc3c2)C(=O)C1(c1ccccc1)c1ccccc1)c1ccccc1. The van der Waals surface area contributed by atoms with E-state index in [4.69, 9.17) is 0 Å². The van der Waals surface area contributed by atoms with E-state index in [9.17, 15) is 19.2 Å². The van der Waals surface area contributed by atoms with Gasteiger partial charge in [-0.3, -0.25) is 19.3 Å². The van der Waals surface area contributed by atoms with Gasteiger partial charge in [0.1, 0.15) is 0 Å². The van der Waals surface area contributed by atoms with Crippen LogP contribution in [0.1, 0.15) is 31.8 Å². The Kier molecular flexibility index (Phi) is 6.28. The molecule has 1 fully saturated rings. The van der Waals surface area contributed by atoms with Crippen molar-refractivity contribution < 1.29 is 19.2 Å². The Hall–Kier alpha value is -5.36. The summed E-state index contributed by atoms with van der Waals surface area (Å²) in [7, 11) is 0. The highest BCUT2D eigenvalue weighted by Crippen LogP contribution is 2.44. The Morgan fingerprint density at radius 3 is 1.70 bits per heavy atom. The maximum absolute atomic E-state index is 14.6. The number of nitrogens with zero attached hydrogens (tertiary/aromatic N) is 2. The first-order valence-electron chi connectivity index (χ1n) is 12.9. The van der Waals surface area contributed by atoms with E-state index in [-0.39, 0.29) is 11.3 Å². The van der Waals surface area contributed by atoms with Crippen LogP contribution in [0, 0.1) is 0 Å². The molecular formula is C34H24N2O4. The minimum Gasteiger partial charge on any atom is -0.293 e. The number of hydrogen-bond acceptors (Lipinski definition) is 4. The molecule has 6 heteroatoms. The third-order valence-corrected chi connectivity index (χ3v) is 7.32. The molecule has 4 amide bonds. The van der Waals surface area contributed by atoms with E-state index in [1.807, 2.05) is 24.3 Å². The molecule has 0 bridgehead atoms. The number of carbonyl (C=O) groups is 4. The van der Waals surface area contributed by atoms with Gasteiger partial charge in [-0.15, -0.1) is 0 Å². The number of amides is 4. The number of rotatable bonds is 6. The maximum atomic E-state index is 14.6. The van der Waals surface area contributed by atoms with Crippen molar-refractivity contribution in [3.8, 4) is 0 Å². The number of imide groups is 3. The van der Waals surface area contributed by atoms with Gasteiger partial charge in [0.2, 0.25) is 0 Å². The van der Waals surface area contributed by atoms with Crippen molar-refractivity contribution in [3.63, 3.8) is 0 Å². The average molecular weight is 525 g/mol. The molecule has 0 unspecified atom stereocenters. The molecule has 1 aliphatic heterocycles. The van der Waals surface area contributed by atoms with Crippen LogP contribution in [-0.4, -0.2) is 40.0 Å². The standard InChI is InChI=1S/C34H24N2O4/c37-30(25-13-4-1-5-14-25)23-35-33(40)36(31(38)27-21-20-24-12-10-11-15-26(24)22-27)32(39)34(35,28-16-6-2-7-17-28)29-18-8-3-9-19-29/h1-22H,23H2. The maximum Gasteiger partial charge on any atom is 0.335 e. The zero-order valence-electron chi connectivity index (χ0n) is 21.4. The molecule has 0 aliphatic carbocycles. The predicted molar refractivity (Wildman–Crippen MR) is 152 cm³/mol. The van der Waals surface area contributed by atoms with E-state index in [0.717, 1.165) is 10.8 Å². The van der Waals surface area contributed by atoms with Crippen LogP contribution in [0.25, 0.3) is 10.8 Å². The van der Waals surface area contributed by atoms with E-state index in [1.165, 1.54) is 4.90 Å². The second kappa shape index (κ2) is 10.1. The lowest BCUT2D eigenvalue weighted by atomic mass is 9.81. The highest BCUT2D eigenvalue weighted by atomic mass is 16.2. The van der Waals surface area contributed by atoms with Gasteiger partial charge in [-0.2, -0.15) is 4.90 Å². The highest BCUT2D eigenvalue weighted by molar-refractivity contribution is 6.24. The third kappa shape index (κ3) is 3.98. The molecule has 0 aromatic heterocycles. The molecule has 194 valence electrons. The fourth-order valence-corrected chi connectivity index (χ4v) is 5.39. The molecule has 6 rings (SSSR count). The van der Waals surface area contributed by atoms with Gasteiger partial charge in [0.25, 0.3) is 11.8 Å². The topological polar surface area (TPSA) is 74.8 Å². The van der Waals surface area contributed by atoms with E-state index >= 15 is 0 Å². The van der Waals surface area contributed by atoms with Crippen molar-refractivity contribution in [1.82, 2.24) is 9.80 Å². The number of fused-ring (bicyclic) bond motifs is 1. The summed E-state index contributed by atoms with van der Waals surface area (Å²) in [6.07, 6.45) is 0. The van der Waals surface area contributed by atoms with Crippen LogP contribution in [0.3, 0.4) is 0 Å². The van der Waals surface area contributed by atoms with Crippen molar-refractivity contribution in [2.24, 2.45) is 0 Å². The second-order valence-corrected chi connectivity index (χ2v) is 9.61. The zero-order valence-corrected chi connectivity index (χ0v) is 21.4. The van der Waals surface area contributed by atoms with E-state index in [1.54, 1.807) is 109 Å². The van der Waals surface area contributed by atoms with Crippen LogP contribution in [-0.2, 0) is 10.3 Å². The van der Waals surface area contributed by atoms with Crippen molar-refractivity contribution in [2.45, 2.75) is 5.54 Å². The zero-order chi connectivity index (χ0) is 27.7. The number of ketones is 1. The number of Topliss-reactive ketones (excluding diaryl/α,β-unsaturated/α-hetero) is 1. The minimum absolute atomic E-state index is 0.201. The largest absolute Gasteiger partial charge is 0.335 e. The van der Waals surface area contributed by atoms with Crippen LogP contribution in [0.5, 0.6) is 0 Å². The molecule has 40 heavy (non-hydrogen) atoms. The summed E-state index contributed by atoms with van der Waals surface area (Å²) in [6, 6.07) is 38.0. The molecule has 6 nitrogen and oxygen atoms in total. The van der Waals surface area contributed by atoms with Crippen LogP contribution >= 0.6 is 0 Å². The molecule has 0 spiro atoms. The summed E-state index contributed by atoms with van der Waals surface area (Å²) in [4.78, 5) is 58.1. The Labute approximate surface area is 231 Å². The molecular weight excluding hydrogens is 500 g/mol. The smallest absolute Gasteiger partial charge is 0.293 e. The van der Waals surface area contributed by atoms with Gasteiger partial charge < -0.3 is 0 Å². The van der Waals surface area contributed by atoms with Crippen LogP contribution in [0.4, 0.5) is 4.79 Å². The van der Waals surface area contributed by atoms with E-state index in [2.05, 4.69) is 0 Å². The normalized spacial score (nSPS) is 14.5. The lowest BCUT2D eigenvalue weighted by molar-refractivity contribution is -0.130. The van der Waals surface area contributed by atoms with Crippen LogP contribution < -0.4 is 0 Å². The molecule has 5 aromatic rings. The first-order chi connectivity index (χ1) is 19.5. The molecule has 0 N–H and O–H groups in total. The summed E-state index contributed by atoms with van der Waals surface area (Å²) in [5, 5.41) is 1.73. The number of carbonyl (C=O) groups excluding carboxylic acids is 4. The molecule has 1 aliphatic rings. The Morgan fingerprint density at radius 1 is 0.575 bits per heavy atom. The first kappa shape index (κ1) is 24.9. The Bertz CT molecular complexity index is 1710. The highest BCUT2D eigenvalue weighted by Gasteiger charge is 2.61. The fourth-order valence-electron chi connectivity index (χ4n) is 5.39. The lowest BCUT2D eigenvalue weighted by Crippen LogP contribution is -2.49. The summed E-state index contributed by atoms with van der Waals surface area (Å²) in [5.41, 5.74) is -0.163. The second-order valence-electron chi connectivity index (χ2n) is 9.61. The van der Waals surface area contributed by atoms with Crippen LogP contribution in [0.15, 0.2) is 133 Å². The van der Waals surface area contributed by atoms with Gasteiger partial charge in [0.15, 0.2) is 11.3 Å². The van der Waals surface area contributed by atoms with Gasteiger partial charge in [-0.1, -0.05) is 121 Å². The van der Waals surface area contributed by atoms with Crippen molar-refractivity contribution in [3.05, 3.63) is 156 Å². The number of hydrogen-bond donors (Lipinski definition) is 0. The van der Waals surface area contributed by atoms with Crippen molar-refractivity contribution in [1.29, 1.82) is 0 Å². The molecule has 5 aromatic carbocycles. The summed E-state index contributed by atoms with van der Waals surface area (Å²) < 4.78 is 0. The Morgan fingerprint density at radius 2 is 1.10 bits per heavy atom. The lowest BCUT2D eigenvalue weighted by Gasteiger charge is -2.35. The molecule has 0 atom stereocenters. The molecule has 0 radical (unpaired) electrons. The van der Waals surface area contributed by atoms with Gasteiger partial charge in [0, 0.05) is 11.1 Å². The summed E-state index contributed by atoms with van der Waals surface area (Å²) in [6.45, 7) is -0.403. The first-order valence-corrected chi connectivity index (χ1v) is 12.9. The summed E-state index contributed by atoms with van der Waals surface area (Å²) >= 11 is 0. The van der Waals surface area contributed by atoms with Crippen molar-refractivity contribution >= 4 is 34.4 Å². The van der Waals surface area contributed by atoms with Gasteiger partial charge in [0.05, 0.1) is 6.54 Å². The van der Waals surface area contributed by atoms with Crippen molar-refractivity contribution in [2.75, 3.05) is 6.54 Å². The number of benzene rings is 5. The summed E-state index contributed by atoms with van der Waals surface area (Å²) in [5.74, 6) is -1.82. The van der Waals surface area contributed by atoms with E-state index in [0.29, 0.717) is 21.6 Å². The van der Waals surface area contributed by atoms with E-state index < -0.39 is 29.9 Å². The molecule has 1 heterocycles. The minimum atomic E-state index is -1.73. The fraction of sp³-hybridized carbons (Fsp3) is 0.0588. The molecule has 1 saturated heterocycles. The Balaban J connectivity index is 1.53. The third-order valence-electron chi connectivity index (χ3n) is 7.32. The van der Waals surface area contributed by atoms with Gasteiger partial charge >= 0.3 is 6.03 Å². The van der Waals surface area contributed by atoms with Crippen LogP contribution in [0.2, 0.25) is 0 Å². The quantitative estimate of drug-likeness (QED) is 0.154. The van der Waals surface area contributed by atoms with Gasteiger partial charge in [-0.25, -0.2) is 4.79 Å². The molecule has 0 saturated carbocycles. The number of urea groups is 1. The van der Waals surface area contributed by atoms with Gasteiger partial charge in [-0.05, 0) is 34.0 Å². The monoisotopic (exact) mass is 524 g/mol. The average Bonchev–Trinajstić information content (AvgIpc) is 3.23.